The van der Waals surface area contributed by atoms with Crippen LogP contribution in [0.3, 0.4) is 0 Å². The Bertz CT molecular complexity index is 345. The molecule has 0 aliphatic carbocycles. The first-order valence-corrected chi connectivity index (χ1v) is 4.73. The van der Waals surface area contributed by atoms with Crippen molar-refractivity contribution in [3.63, 3.8) is 0 Å². The summed E-state index contributed by atoms with van der Waals surface area (Å²) in [4.78, 5) is 13.0. The van der Waals surface area contributed by atoms with E-state index in [0.29, 0.717) is 0 Å². The van der Waals surface area contributed by atoms with Crippen LogP contribution < -0.4 is 4.74 Å². The molecule has 1 aliphatic heterocycles. The van der Waals surface area contributed by atoms with Crippen LogP contribution in [0, 0.1) is 6.92 Å². The summed E-state index contributed by atoms with van der Waals surface area (Å²) in [5.41, 5.74) is 1.14. The standard InChI is InChI=1S/C11H13NO2/c1-9-3-2-4-10(7-9)14-8-11(13)12-5-6-12/h2-4,7H,5-6,8H2,1H3. The van der Waals surface area contributed by atoms with E-state index in [0.717, 1.165) is 24.4 Å². The second kappa shape index (κ2) is 3.70. The SMILES string of the molecule is Cc1cccc(OCC(=O)N2CC2)c1. The maximum atomic E-state index is 11.3. The van der Waals surface area contributed by atoms with Gasteiger partial charge in [-0.15, -0.1) is 0 Å². The zero-order valence-electron chi connectivity index (χ0n) is 8.19. The molecule has 14 heavy (non-hydrogen) atoms. The van der Waals surface area contributed by atoms with Gasteiger partial charge in [-0.3, -0.25) is 4.79 Å². The van der Waals surface area contributed by atoms with E-state index < -0.39 is 0 Å². The average molecular weight is 191 g/mol. The van der Waals surface area contributed by atoms with Gasteiger partial charge in [-0.05, 0) is 24.6 Å². The lowest BCUT2D eigenvalue weighted by Crippen LogP contribution is -2.19. The maximum Gasteiger partial charge on any atom is 0.260 e. The third-order valence-electron chi connectivity index (χ3n) is 2.15. The maximum absolute atomic E-state index is 11.3. The number of ether oxygens (including phenoxy) is 1. The molecule has 0 saturated carbocycles. The van der Waals surface area contributed by atoms with Crippen LogP contribution in [0.15, 0.2) is 24.3 Å². The van der Waals surface area contributed by atoms with E-state index >= 15 is 0 Å². The van der Waals surface area contributed by atoms with E-state index in [2.05, 4.69) is 0 Å². The van der Waals surface area contributed by atoms with E-state index in [9.17, 15) is 4.79 Å². The summed E-state index contributed by atoms with van der Waals surface area (Å²) in [6, 6.07) is 7.71. The van der Waals surface area contributed by atoms with Crippen LogP contribution in [-0.4, -0.2) is 30.5 Å². The first-order valence-electron chi connectivity index (χ1n) is 4.73. The smallest absolute Gasteiger partial charge is 0.260 e. The normalized spacial score (nSPS) is 13.9. The third-order valence-corrected chi connectivity index (χ3v) is 2.15. The lowest BCUT2D eigenvalue weighted by atomic mass is 10.2. The number of amides is 1. The van der Waals surface area contributed by atoms with Crippen LogP contribution in [0.4, 0.5) is 0 Å². The molecule has 74 valence electrons. The Morgan fingerprint density at radius 3 is 2.93 bits per heavy atom. The Kier molecular flexibility index (Phi) is 2.39. The van der Waals surface area contributed by atoms with Crippen LogP contribution in [0.1, 0.15) is 5.56 Å². The molecule has 0 spiro atoms. The van der Waals surface area contributed by atoms with Crippen LogP contribution >= 0.6 is 0 Å². The number of rotatable bonds is 3. The number of benzene rings is 1. The molecular weight excluding hydrogens is 178 g/mol. The fourth-order valence-electron chi connectivity index (χ4n) is 1.24. The van der Waals surface area contributed by atoms with Crippen molar-refractivity contribution in [2.75, 3.05) is 19.7 Å². The van der Waals surface area contributed by atoms with Crippen LogP contribution in [0.5, 0.6) is 5.75 Å². The number of aryl methyl sites for hydroxylation is 1. The van der Waals surface area contributed by atoms with Gasteiger partial charge < -0.3 is 9.64 Å². The quantitative estimate of drug-likeness (QED) is 0.672. The molecule has 0 atom stereocenters. The predicted octanol–water partition coefficient (Wildman–Crippen LogP) is 1.22. The summed E-state index contributed by atoms with van der Waals surface area (Å²) in [5.74, 6) is 0.840. The van der Waals surface area contributed by atoms with Gasteiger partial charge in [-0.1, -0.05) is 12.1 Å². The summed E-state index contributed by atoms with van der Waals surface area (Å²) in [6.07, 6.45) is 0. The molecule has 2 rings (SSSR count). The molecule has 0 bridgehead atoms. The summed E-state index contributed by atoms with van der Waals surface area (Å²) in [5, 5.41) is 0. The second-order valence-electron chi connectivity index (χ2n) is 3.49. The molecule has 1 aliphatic rings. The van der Waals surface area contributed by atoms with Gasteiger partial charge in [0, 0.05) is 13.1 Å². The van der Waals surface area contributed by atoms with Crippen molar-refractivity contribution in [3.8, 4) is 5.75 Å². The van der Waals surface area contributed by atoms with Gasteiger partial charge in [0.05, 0.1) is 0 Å². The van der Waals surface area contributed by atoms with Gasteiger partial charge in [-0.2, -0.15) is 0 Å². The van der Waals surface area contributed by atoms with Crippen molar-refractivity contribution in [1.82, 2.24) is 4.90 Å². The van der Waals surface area contributed by atoms with Crippen LogP contribution in [-0.2, 0) is 4.79 Å². The van der Waals surface area contributed by atoms with E-state index in [1.165, 1.54) is 0 Å². The number of hydrogen-bond acceptors (Lipinski definition) is 2. The molecule has 1 heterocycles. The molecule has 1 saturated heterocycles. The first-order chi connectivity index (χ1) is 6.75. The summed E-state index contributed by atoms with van der Waals surface area (Å²) < 4.78 is 5.36. The van der Waals surface area contributed by atoms with Crippen LogP contribution in [0.25, 0.3) is 0 Å². The van der Waals surface area contributed by atoms with Crippen molar-refractivity contribution in [1.29, 1.82) is 0 Å². The summed E-state index contributed by atoms with van der Waals surface area (Å²) in [7, 11) is 0. The number of carbonyl (C=O) groups is 1. The fourth-order valence-corrected chi connectivity index (χ4v) is 1.24. The Balaban J connectivity index is 1.87. The highest BCUT2D eigenvalue weighted by atomic mass is 16.5. The lowest BCUT2D eigenvalue weighted by molar-refractivity contribution is -0.127. The fraction of sp³-hybridized carbons (Fsp3) is 0.364. The monoisotopic (exact) mass is 191 g/mol. The molecule has 0 radical (unpaired) electrons. The minimum Gasteiger partial charge on any atom is -0.484 e. The second-order valence-corrected chi connectivity index (χ2v) is 3.49. The van der Waals surface area contributed by atoms with Gasteiger partial charge in [0.15, 0.2) is 6.61 Å². The van der Waals surface area contributed by atoms with Gasteiger partial charge in [0.1, 0.15) is 5.75 Å². The molecule has 0 aromatic heterocycles. The van der Waals surface area contributed by atoms with Crippen molar-refractivity contribution >= 4 is 5.91 Å². The highest BCUT2D eigenvalue weighted by Gasteiger charge is 2.23. The van der Waals surface area contributed by atoms with Crippen molar-refractivity contribution in [2.45, 2.75) is 6.92 Å². The Hall–Kier alpha value is -1.51. The molecule has 1 amide bonds. The minimum absolute atomic E-state index is 0.0755. The van der Waals surface area contributed by atoms with Crippen molar-refractivity contribution in [3.05, 3.63) is 29.8 Å². The molecule has 3 nitrogen and oxygen atoms in total. The van der Waals surface area contributed by atoms with E-state index in [1.807, 2.05) is 31.2 Å². The largest absolute Gasteiger partial charge is 0.484 e. The molecular formula is C11H13NO2. The number of hydrogen-bond donors (Lipinski definition) is 0. The number of carbonyl (C=O) groups excluding carboxylic acids is 1. The summed E-state index contributed by atoms with van der Waals surface area (Å²) in [6.45, 7) is 3.93. The molecule has 0 unspecified atom stereocenters. The third kappa shape index (κ3) is 2.25. The number of nitrogens with zero attached hydrogens (tertiary/aromatic N) is 1. The van der Waals surface area contributed by atoms with E-state index in [-0.39, 0.29) is 12.5 Å². The Morgan fingerprint density at radius 1 is 1.50 bits per heavy atom. The van der Waals surface area contributed by atoms with E-state index in [4.69, 9.17) is 4.74 Å². The van der Waals surface area contributed by atoms with Crippen molar-refractivity contribution < 1.29 is 9.53 Å². The van der Waals surface area contributed by atoms with Gasteiger partial charge in [-0.25, -0.2) is 0 Å². The topological polar surface area (TPSA) is 29.3 Å². The van der Waals surface area contributed by atoms with Gasteiger partial charge in [0.25, 0.3) is 5.91 Å². The molecule has 3 heteroatoms. The van der Waals surface area contributed by atoms with Gasteiger partial charge >= 0.3 is 0 Å². The molecule has 1 aromatic rings. The molecule has 0 N–H and O–H groups in total. The summed E-state index contributed by atoms with van der Waals surface area (Å²) >= 11 is 0. The van der Waals surface area contributed by atoms with E-state index in [1.54, 1.807) is 4.90 Å². The van der Waals surface area contributed by atoms with Gasteiger partial charge in [0.2, 0.25) is 0 Å². The Labute approximate surface area is 83.3 Å². The Morgan fingerprint density at radius 2 is 2.29 bits per heavy atom. The van der Waals surface area contributed by atoms with Crippen LogP contribution in [0.2, 0.25) is 0 Å². The highest BCUT2D eigenvalue weighted by Crippen LogP contribution is 2.13. The molecule has 1 aromatic carbocycles. The minimum atomic E-state index is 0.0755. The first kappa shape index (κ1) is 9.06. The van der Waals surface area contributed by atoms with Crippen molar-refractivity contribution in [2.24, 2.45) is 0 Å². The predicted molar refractivity (Wildman–Crippen MR) is 53.3 cm³/mol. The average Bonchev–Trinajstić information content (AvgIpc) is 2.97. The lowest BCUT2D eigenvalue weighted by Gasteiger charge is -2.06. The zero-order valence-corrected chi connectivity index (χ0v) is 8.19. The molecule has 1 fully saturated rings. The highest BCUT2D eigenvalue weighted by molar-refractivity contribution is 5.79. The zero-order chi connectivity index (χ0) is 9.97.